The first kappa shape index (κ1) is 27.4. The van der Waals surface area contributed by atoms with E-state index in [1.807, 2.05) is 32.9 Å². The average molecular weight is 498 g/mol. The van der Waals surface area contributed by atoms with Crippen molar-refractivity contribution in [3.8, 4) is 0 Å². The van der Waals surface area contributed by atoms with Gasteiger partial charge in [-0.3, -0.25) is 0 Å². The molecule has 0 aromatic heterocycles. The molecule has 6 heteroatoms. The number of hydrogen-bond donors (Lipinski definition) is 1. The number of aliphatic hydroxyl groups is 1. The number of ether oxygens (including phenoxy) is 1. The van der Waals surface area contributed by atoms with E-state index in [2.05, 4.69) is 69.3 Å². The molecule has 5 nitrogen and oxygen atoms in total. The third-order valence-electron chi connectivity index (χ3n) is 7.03. The third kappa shape index (κ3) is 5.99. The first-order chi connectivity index (χ1) is 16.5. The van der Waals surface area contributed by atoms with E-state index in [-0.39, 0.29) is 17.7 Å². The van der Waals surface area contributed by atoms with Crippen molar-refractivity contribution < 1.29 is 19.1 Å². The van der Waals surface area contributed by atoms with Crippen LogP contribution in [0.25, 0.3) is 0 Å². The first-order valence-corrected chi connectivity index (χ1v) is 14.7. The Hall–Kier alpha value is -2.15. The number of nitrogens with zero attached hydrogens (tertiary/aromatic N) is 1. The fraction of sp³-hybridized carbons (Fsp3) is 0.552. The van der Waals surface area contributed by atoms with Crippen LogP contribution in [0.5, 0.6) is 0 Å². The fourth-order valence-electron chi connectivity index (χ4n) is 5.43. The molecule has 1 amide bonds. The molecule has 0 saturated carbocycles. The van der Waals surface area contributed by atoms with Crippen molar-refractivity contribution in [3.05, 3.63) is 60.7 Å². The molecule has 1 saturated heterocycles. The van der Waals surface area contributed by atoms with Crippen molar-refractivity contribution in [3.63, 3.8) is 0 Å². The number of carbonyl (C=O) groups is 1. The van der Waals surface area contributed by atoms with Gasteiger partial charge >= 0.3 is 6.09 Å². The number of benzene rings is 2. The van der Waals surface area contributed by atoms with Crippen LogP contribution in [0.2, 0.25) is 5.04 Å². The Morgan fingerprint density at radius 3 is 1.97 bits per heavy atom. The summed E-state index contributed by atoms with van der Waals surface area (Å²) in [5.41, 5.74) is -1.15. The summed E-state index contributed by atoms with van der Waals surface area (Å²) >= 11 is 0. The molecule has 1 heterocycles. The highest BCUT2D eigenvalue weighted by Gasteiger charge is 2.50. The molecule has 1 aliphatic rings. The van der Waals surface area contributed by atoms with E-state index in [4.69, 9.17) is 9.16 Å². The maximum Gasteiger partial charge on any atom is 0.410 e. The van der Waals surface area contributed by atoms with Crippen LogP contribution in [-0.2, 0) is 9.16 Å². The van der Waals surface area contributed by atoms with Gasteiger partial charge in [0.2, 0.25) is 0 Å². The highest BCUT2D eigenvalue weighted by molar-refractivity contribution is 6.99. The third-order valence-corrected chi connectivity index (χ3v) is 12.1. The smallest absolute Gasteiger partial charge is 0.410 e. The van der Waals surface area contributed by atoms with Crippen LogP contribution < -0.4 is 10.4 Å². The number of rotatable bonds is 8. The average Bonchev–Trinajstić information content (AvgIpc) is 3.23. The van der Waals surface area contributed by atoms with Crippen molar-refractivity contribution in [2.45, 2.75) is 83.4 Å². The van der Waals surface area contributed by atoms with Gasteiger partial charge in [0.1, 0.15) is 5.60 Å². The van der Waals surface area contributed by atoms with E-state index < -0.39 is 19.5 Å². The van der Waals surface area contributed by atoms with E-state index in [9.17, 15) is 9.90 Å². The summed E-state index contributed by atoms with van der Waals surface area (Å²) in [6.45, 7) is 13.6. The van der Waals surface area contributed by atoms with Crippen LogP contribution in [0.3, 0.4) is 0 Å². The molecule has 3 rings (SSSR count). The molecule has 1 aliphatic heterocycles. The molecule has 0 unspecified atom stereocenters. The Bertz CT molecular complexity index is 913. The van der Waals surface area contributed by atoms with Crippen molar-refractivity contribution in [2.75, 3.05) is 19.8 Å². The van der Waals surface area contributed by atoms with Gasteiger partial charge < -0.3 is 19.2 Å². The van der Waals surface area contributed by atoms with E-state index in [1.165, 1.54) is 10.4 Å². The minimum atomic E-state index is -2.60. The Labute approximate surface area is 212 Å². The number of hydrogen-bond acceptors (Lipinski definition) is 4. The molecule has 0 aliphatic carbocycles. The molecular formula is C29H43NO4Si. The molecule has 192 valence electrons. The highest BCUT2D eigenvalue weighted by Crippen LogP contribution is 2.38. The van der Waals surface area contributed by atoms with E-state index in [0.29, 0.717) is 19.6 Å². The quantitative estimate of drug-likeness (QED) is 0.407. The minimum absolute atomic E-state index is 0.0640. The lowest BCUT2D eigenvalue weighted by Gasteiger charge is -2.43. The lowest BCUT2D eigenvalue weighted by molar-refractivity contribution is -0.00823. The van der Waals surface area contributed by atoms with Gasteiger partial charge in [-0.15, -0.1) is 0 Å². The van der Waals surface area contributed by atoms with Crippen molar-refractivity contribution in [2.24, 2.45) is 0 Å². The first-order valence-electron chi connectivity index (χ1n) is 12.8. The zero-order valence-corrected chi connectivity index (χ0v) is 23.3. The van der Waals surface area contributed by atoms with Crippen LogP contribution in [0, 0.1) is 0 Å². The Morgan fingerprint density at radius 1 is 0.971 bits per heavy atom. The Morgan fingerprint density at radius 2 is 1.51 bits per heavy atom. The molecule has 1 N–H and O–H groups in total. The van der Waals surface area contributed by atoms with Gasteiger partial charge in [-0.25, -0.2) is 4.79 Å². The summed E-state index contributed by atoms with van der Waals surface area (Å²) in [6, 6.07) is 21.2. The summed E-state index contributed by atoms with van der Waals surface area (Å²) in [5.74, 6) is 0. The molecule has 0 bridgehead atoms. The lowest BCUT2D eigenvalue weighted by atomic mass is 9.91. The minimum Gasteiger partial charge on any atom is -0.444 e. The second-order valence-electron chi connectivity index (χ2n) is 11.7. The summed E-state index contributed by atoms with van der Waals surface area (Å²) in [4.78, 5) is 14.6. The predicted octanol–water partition coefficient (Wildman–Crippen LogP) is 5.11. The standard InChI is InChI=1S/C29H43NO4Si/c1-27(2,3)34-26(32)30-21-13-19-29(30,23-31)20-14-22-33-35(28(4,5)6,24-15-9-7-10-16-24)25-17-11-8-12-18-25/h7-12,15-18,31H,13-14,19-23H2,1-6H3/t29-/m0/s1. The van der Waals surface area contributed by atoms with Gasteiger partial charge in [0.05, 0.1) is 12.1 Å². The van der Waals surface area contributed by atoms with Crippen LogP contribution in [-0.4, -0.2) is 55.3 Å². The molecule has 2 aromatic rings. The fourth-order valence-corrected chi connectivity index (χ4v) is 10.0. The van der Waals surface area contributed by atoms with Crippen molar-refractivity contribution in [1.82, 2.24) is 4.90 Å². The molecule has 0 spiro atoms. The van der Waals surface area contributed by atoms with Gasteiger partial charge in [-0.05, 0) is 61.9 Å². The second-order valence-corrected chi connectivity index (χ2v) is 16.0. The number of likely N-dealkylation sites (tertiary alicyclic amines) is 1. The molecule has 35 heavy (non-hydrogen) atoms. The van der Waals surface area contributed by atoms with Crippen molar-refractivity contribution >= 4 is 24.8 Å². The van der Waals surface area contributed by atoms with E-state index in [1.54, 1.807) is 4.90 Å². The molecular weight excluding hydrogens is 454 g/mol. The maximum absolute atomic E-state index is 12.9. The normalized spacial score (nSPS) is 19.1. The SMILES string of the molecule is CC(C)(C)OC(=O)N1CCC[C@@]1(CO)CCCO[Si](c1ccccc1)(c1ccccc1)C(C)(C)C. The molecule has 1 fully saturated rings. The van der Waals surface area contributed by atoms with E-state index in [0.717, 1.165) is 19.3 Å². The monoisotopic (exact) mass is 497 g/mol. The highest BCUT2D eigenvalue weighted by atomic mass is 28.4. The van der Waals surface area contributed by atoms with Crippen LogP contribution in [0.4, 0.5) is 4.79 Å². The maximum atomic E-state index is 12.9. The molecule has 2 aromatic carbocycles. The van der Waals surface area contributed by atoms with Gasteiger partial charge in [0, 0.05) is 13.2 Å². The van der Waals surface area contributed by atoms with Crippen LogP contribution in [0.1, 0.15) is 67.2 Å². The lowest BCUT2D eigenvalue weighted by Crippen LogP contribution is -2.66. The van der Waals surface area contributed by atoms with Crippen molar-refractivity contribution in [1.29, 1.82) is 0 Å². The molecule has 0 radical (unpaired) electrons. The summed E-state index contributed by atoms with van der Waals surface area (Å²) in [7, 11) is -2.60. The number of carbonyl (C=O) groups excluding carboxylic acids is 1. The largest absolute Gasteiger partial charge is 0.444 e. The predicted molar refractivity (Wildman–Crippen MR) is 145 cm³/mol. The summed E-state index contributed by atoms with van der Waals surface area (Å²) in [6.07, 6.45) is 2.75. The molecule has 1 atom stereocenters. The Balaban J connectivity index is 1.82. The zero-order valence-electron chi connectivity index (χ0n) is 22.3. The van der Waals surface area contributed by atoms with Gasteiger partial charge in [0.15, 0.2) is 0 Å². The zero-order chi connectivity index (χ0) is 25.7. The van der Waals surface area contributed by atoms with Gasteiger partial charge in [-0.2, -0.15) is 0 Å². The topological polar surface area (TPSA) is 59.0 Å². The number of aliphatic hydroxyl groups excluding tert-OH is 1. The summed E-state index contributed by atoms with van der Waals surface area (Å²) in [5, 5.41) is 12.8. The number of amides is 1. The van der Waals surface area contributed by atoms with Crippen LogP contribution in [0.15, 0.2) is 60.7 Å². The Kier molecular flexibility index (Phi) is 8.51. The second kappa shape index (κ2) is 10.9. The van der Waals surface area contributed by atoms with Crippen LogP contribution >= 0.6 is 0 Å². The van der Waals surface area contributed by atoms with E-state index >= 15 is 0 Å². The summed E-state index contributed by atoms with van der Waals surface area (Å²) < 4.78 is 12.7. The van der Waals surface area contributed by atoms with Gasteiger partial charge in [0.25, 0.3) is 8.32 Å². The van der Waals surface area contributed by atoms with Gasteiger partial charge in [-0.1, -0.05) is 81.4 Å².